The Bertz CT molecular complexity index is 4910. The average molecular weight is 1770 g/mol. The molecule has 5 aliphatic rings. The molecule has 6 heterocycles. The van der Waals surface area contributed by atoms with Crippen molar-refractivity contribution in [3.63, 3.8) is 0 Å². The Balaban J connectivity index is 1.09. The number of ether oxygens (including phenoxy) is 2. The zero-order valence-corrected chi connectivity index (χ0v) is 70.6. The van der Waals surface area contributed by atoms with Gasteiger partial charge in [-0.2, -0.15) is 0 Å². The maximum atomic E-state index is 15.6. The number of aliphatic hydroxyl groups is 1. The van der Waals surface area contributed by atoms with E-state index in [0.717, 1.165) is 18.7 Å². The summed E-state index contributed by atoms with van der Waals surface area (Å²) in [5, 5.41) is 85.6. The number of cyclic esters (lactones) is 1. The van der Waals surface area contributed by atoms with Gasteiger partial charge in [-0.1, -0.05) is 74.9 Å². The second-order valence-electron chi connectivity index (χ2n) is 32.4. The van der Waals surface area contributed by atoms with Gasteiger partial charge in [-0.15, -0.1) is 0 Å². The van der Waals surface area contributed by atoms with Gasteiger partial charge in [0.1, 0.15) is 115 Å². The molecule has 0 saturated carbocycles. The van der Waals surface area contributed by atoms with Crippen LogP contribution in [-0.4, -0.2) is 270 Å². The van der Waals surface area contributed by atoms with E-state index in [1.54, 1.807) is 31.2 Å². The molecule has 17 unspecified atom stereocenters. The third-order valence-corrected chi connectivity index (χ3v) is 22.9. The molecule has 5 saturated heterocycles. The molecule has 19 N–H and O–H groups in total. The summed E-state index contributed by atoms with van der Waals surface area (Å²) in [6, 6.07) is -2.34. The van der Waals surface area contributed by atoms with Crippen LogP contribution in [0.1, 0.15) is 134 Å². The summed E-state index contributed by atoms with van der Waals surface area (Å²) in [7, 11) is 0. The number of aromatic amines is 1. The highest BCUT2D eigenvalue weighted by atomic mass is 16.5. The van der Waals surface area contributed by atoms with Crippen molar-refractivity contribution in [1.29, 1.82) is 0 Å². The number of likely N-dealkylation sites (tertiary alicyclic amines) is 1. The molecule has 5 fully saturated rings. The van der Waals surface area contributed by atoms with Crippen molar-refractivity contribution in [2.75, 3.05) is 26.2 Å². The van der Waals surface area contributed by atoms with E-state index < -0.39 is 254 Å². The molecule has 10 rings (SSSR count). The predicted octanol–water partition coefficient (Wildman–Crippen LogP) is -2.75. The first-order valence-electron chi connectivity index (χ1n) is 42.1. The number of carboxylic acid groups (broad SMARTS) is 1. The van der Waals surface area contributed by atoms with Gasteiger partial charge in [0.05, 0.1) is 18.9 Å². The number of aromatic nitrogens is 1. The van der Waals surface area contributed by atoms with Crippen molar-refractivity contribution in [3.8, 4) is 17.2 Å². The van der Waals surface area contributed by atoms with Crippen molar-refractivity contribution >= 4 is 117 Å². The summed E-state index contributed by atoms with van der Waals surface area (Å²) in [5.41, 5.74) is 2.00. The van der Waals surface area contributed by atoms with Crippen LogP contribution >= 0.6 is 0 Å². The minimum atomic E-state index is -2.30. The Morgan fingerprint density at radius 1 is 0.559 bits per heavy atom. The van der Waals surface area contributed by atoms with Crippen LogP contribution in [0.5, 0.6) is 17.2 Å². The number of aromatic hydroxyl groups is 3. The van der Waals surface area contributed by atoms with Crippen LogP contribution in [0.2, 0.25) is 0 Å². The van der Waals surface area contributed by atoms with Gasteiger partial charge >= 0.3 is 17.9 Å². The van der Waals surface area contributed by atoms with Crippen LogP contribution in [-0.2, 0) is 121 Å². The molecule has 0 spiro atoms. The predicted molar refractivity (Wildman–Crippen MR) is 446 cm³/mol. The summed E-state index contributed by atoms with van der Waals surface area (Å²) < 4.78 is 11.6. The molecule has 41 nitrogen and oxygen atoms in total. The summed E-state index contributed by atoms with van der Waals surface area (Å²) in [4.78, 5) is 272. The SMILES string of the molecule is CCC(C)C1NC(=O)C(NC(=O)C(NC(=O)C2CCCN2C(=O)C(Cc2ccc(O)cc2)NC(C)=O)C(C)O)C(C)OC(=O)CC2NC(=O)C3COC(=O)CCC(NC(=O)C(Cc4c[nH]c5ccccc45)NC2=O)C(=O)NC(C(=O)NC(Cc2ccc(O)cc2)C(=O)O)CC(=O)NCCCCC(NC1=O)C(=O)NC(Cc1ccc(O)cc1)C(=O)N1CCCC1C(=O)N3. The molecule has 4 bridgehead atoms. The van der Waals surface area contributed by atoms with E-state index in [-0.39, 0.29) is 101 Å². The molecule has 5 aromatic rings. The van der Waals surface area contributed by atoms with Crippen LogP contribution in [0.25, 0.3) is 10.9 Å². The van der Waals surface area contributed by atoms with Gasteiger partial charge in [0.2, 0.25) is 88.6 Å². The van der Waals surface area contributed by atoms with Crippen LogP contribution in [0.4, 0.5) is 0 Å². The van der Waals surface area contributed by atoms with Crippen molar-refractivity contribution in [2.45, 2.75) is 234 Å². The third-order valence-electron chi connectivity index (χ3n) is 22.9. The number of esters is 2. The van der Waals surface area contributed by atoms with Gasteiger partial charge in [0.25, 0.3) is 0 Å². The zero-order valence-electron chi connectivity index (χ0n) is 70.6. The Hall–Kier alpha value is -13.8. The summed E-state index contributed by atoms with van der Waals surface area (Å²) in [5.74, 6) is -22.4. The third kappa shape index (κ3) is 26.2. The maximum absolute atomic E-state index is 15.6. The lowest BCUT2D eigenvalue weighted by Gasteiger charge is -2.32. The standard InChI is InChI=1S/C86H108N16O25/c1-6-43(2)70-81(119)91-56-15-9-10-32-87-67(108)39-59(76(114)96-63(86(124)125)37-49-22-28-53(107)29-23-49)93-74(112)57-30-31-68(109)126-42-64(97-79(117)65-16-11-33-101(65)85(123)62(95-73(56)111)36-48-20-26-52(106)27-21-48)78(116)94-60(77(115)92-58(75(113)90-57)38-50-41-88-55-14-8-7-13-54(50)55)40-69(110)127-45(4)72(83(121)98-70)100-82(120)71(44(3)103)99-80(118)66-17-12-34-102(66)84(122)61(89-46(5)104)35-47-18-24-51(105)25-19-47/h7-8,13-14,18-29,41,43-45,56-66,70-72,88,103,105-107H,6,9-12,15-17,30-40,42H2,1-5H3,(H,87,108)(H,89,104)(H,90,113)(H,91,119)(H,92,115)(H,93,112)(H,94,116)(H,95,111)(H,96,114)(H,97,117)(H,98,121)(H,99,118)(H,100,120)(H,124,125). The van der Waals surface area contributed by atoms with Crippen LogP contribution in [0, 0.1) is 5.92 Å². The highest BCUT2D eigenvalue weighted by molar-refractivity contribution is 6.03. The number of H-pyrrole nitrogens is 1. The summed E-state index contributed by atoms with van der Waals surface area (Å²) in [6.07, 6.45) is -7.82. The van der Waals surface area contributed by atoms with E-state index in [4.69, 9.17) is 9.47 Å². The zero-order chi connectivity index (χ0) is 92.0. The summed E-state index contributed by atoms with van der Waals surface area (Å²) >= 11 is 0. The molecule has 0 aliphatic carbocycles. The topological polar surface area (TPSA) is 606 Å². The lowest BCUT2D eigenvalue weighted by Crippen LogP contribution is -2.64. The number of aliphatic carboxylic acids is 1. The monoisotopic (exact) mass is 1760 g/mol. The fourth-order valence-corrected chi connectivity index (χ4v) is 15.7. The van der Waals surface area contributed by atoms with Crippen LogP contribution in [0.3, 0.4) is 0 Å². The lowest BCUT2D eigenvalue weighted by molar-refractivity contribution is -0.155. The molecule has 41 heteroatoms. The minimum Gasteiger partial charge on any atom is -0.508 e. The number of aliphatic hydroxyl groups excluding tert-OH is 1. The van der Waals surface area contributed by atoms with Crippen molar-refractivity contribution < 1.29 is 121 Å². The van der Waals surface area contributed by atoms with Crippen molar-refractivity contribution in [3.05, 3.63) is 126 Å². The van der Waals surface area contributed by atoms with Crippen LogP contribution in [0.15, 0.2) is 103 Å². The van der Waals surface area contributed by atoms with Gasteiger partial charge in [0, 0.05) is 75.8 Å². The molecule has 17 atom stereocenters. The Morgan fingerprint density at radius 3 is 1.80 bits per heavy atom. The smallest absolute Gasteiger partial charge is 0.326 e. The van der Waals surface area contributed by atoms with Gasteiger partial charge in [0.15, 0.2) is 0 Å². The average Bonchev–Trinajstić information content (AvgIpc) is 1.71. The molecule has 4 aromatic carbocycles. The Labute approximate surface area is 728 Å². The number of hydrogen-bond donors (Lipinski definition) is 19. The van der Waals surface area contributed by atoms with E-state index in [1.807, 2.05) is 0 Å². The number of amides is 15. The second-order valence-corrected chi connectivity index (χ2v) is 32.4. The number of carbonyl (C=O) groups is 18. The highest BCUT2D eigenvalue weighted by Gasteiger charge is 2.46. The first-order chi connectivity index (χ1) is 60.5. The Kier molecular flexibility index (Phi) is 33.2. The number of nitrogens with one attached hydrogen (secondary N) is 14. The quantitative estimate of drug-likeness (QED) is 0.0351. The maximum Gasteiger partial charge on any atom is 0.326 e. The number of carboxylic acids is 1. The highest BCUT2D eigenvalue weighted by Crippen LogP contribution is 2.27. The van der Waals surface area contributed by atoms with Gasteiger partial charge in [-0.05, 0) is 136 Å². The molecule has 1 aromatic heterocycles. The molecular formula is C86H108N16O25. The lowest BCUT2D eigenvalue weighted by atomic mass is 9.96. The minimum absolute atomic E-state index is 0.00168. The van der Waals surface area contributed by atoms with Crippen molar-refractivity contribution in [2.24, 2.45) is 5.92 Å². The van der Waals surface area contributed by atoms with E-state index >= 15 is 52.7 Å². The summed E-state index contributed by atoms with van der Waals surface area (Å²) in [6.45, 7) is 4.86. The largest absolute Gasteiger partial charge is 0.508 e. The molecule has 15 amide bonds. The molecular weight excluding hydrogens is 1660 g/mol. The number of benzene rings is 4. The van der Waals surface area contributed by atoms with Gasteiger partial charge < -0.3 is 119 Å². The second kappa shape index (κ2) is 44.2. The van der Waals surface area contributed by atoms with Crippen LogP contribution < -0.4 is 69.1 Å². The number of hydrogen-bond acceptors (Lipinski definition) is 24. The molecule has 682 valence electrons. The number of nitrogens with zero attached hydrogens (tertiary/aromatic N) is 2. The Morgan fingerprint density at radius 2 is 1.15 bits per heavy atom. The molecule has 127 heavy (non-hydrogen) atoms. The normalized spacial score (nSPS) is 25.0. The number of para-hydroxylation sites is 1. The van der Waals surface area contributed by atoms with E-state index in [1.165, 1.54) is 97.7 Å². The van der Waals surface area contributed by atoms with Gasteiger partial charge in [-0.25, -0.2) is 4.79 Å². The number of fused-ring (bicyclic) bond motifs is 13. The van der Waals surface area contributed by atoms with Crippen molar-refractivity contribution in [1.82, 2.24) is 83.9 Å². The number of phenols is 3. The number of carbonyl (C=O) groups excluding carboxylic acids is 17. The van der Waals surface area contributed by atoms with E-state index in [9.17, 15) is 59.1 Å². The number of rotatable bonds is 20. The first-order valence-corrected chi connectivity index (χ1v) is 42.1. The van der Waals surface area contributed by atoms with Gasteiger partial charge in [-0.3, -0.25) is 81.5 Å². The number of phenolic OH excluding ortho intramolecular Hbond substituents is 3. The fourth-order valence-electron chi connectivity index (χ4n) is 15.7. The van der Waals surface area contributed by atoms with E-state index in [0.29, 0.717) is 33.2 Å². The molecule has 5 aliphatic heterocycles. The van der Waals surface area contributed by atoms with E-state index in [2.05, 4.69) is 74.1 Å². The molecule has 0 radical (unpaired) electrons. The fraction of sp³-hybridized carbons (Fsp3) is 0.488. The first kappa shape index (κ1) is 95.5.